The molecule has 2 aliphatic rings. The predicted molar refractivity (Wildman–Crippen MR) is 115 cm³/mol. The summed E-state index contributed by atoms with van der Waals surface area (Å²) in [6, 6.07) is 15.2. The van der Waals surface area contributed by atoms with E-state index < -0.39 is 11.9 Å². The lowest BCUT2D eigenvalue weighted by atomic mass is 9.88. The first-order valence-corrected chi connectivity index (χ1v) is 10.5. The van der Waals surface area contributed by atoms with E-state index in [1.54, 1.807) is 12.1 Å². The van der Waals surface area contributed by atoms with Gasteiger partial charge >= 0.3 is 5.97 Å². The fourth-order valence-electron chi connectivity index (χ4n) is 4.35. The maximum absolute atomic E-state index is 12.5. The van der Waals surface area contributed by atoms with Crippen molar-refractivity contribution < 1.29 is 23.9 Å². The normalized spacial score (nSPS) is 20.2. The highest BCUT2D eigenvalue weighted by Gasteiger charge is 2.37. The van der Waals surface area contributed by atoms with E-state index in [2.05, 4.69) is 11.4 Å². The molecular formula is C24H26N2O5. The third-order valence-corrected chi connectivity index (χ3v) is 5.88. The number of hydrogen-bond donors (Lipinski definition) is 1. The van der Waals surface area contributed by atoms with Gasteiger partial charge in [-0.05, 0) is 42.5 Å². The molecule has 1 aliphatic carbocycles. The van der Waals surface area contributed by atoms with Gasteiger partial charge in [-0.15, -0.1) is 0 Å². The lowest BCUT2D eigenvalue weighted by Gasteiger charge is -2.26. The molecular weight excluding hydrogens is 396 g/mol. The summed E-state index contributed by atoms with van der Waals surface area (Å²) in [5.41, 5.74) is 3.00. The van der Waals surface area contributed by atoms with E-state index in [1.165, 1.54) is 17.6 Å². The molecule has 1 heterocycles. The van der Waals surface area contributed by atoms with E-state index in [-0.39, 0.29) is 37.4 Å². The highest BCUT2D eigenvalue weighted by atomic mass is 16.5. The van der Waals surface area contributed by atoms with Crippen molar-refractivity contribution in [3.63, 3.8) is 0 Å². The van der Waals surface area contributed by atoms with Crippen molar-refractivity contribution in [3.8, 4) is 5.75 Å². The second-order valence-electron chi connectivity index (χ2n) is 7.90. The number of fused-ring (bicyclic) bond motifs is 1. The summed E-state index contributed by atoms with van der Waals surface area (Å²) in [6.07, 6.45) is 2.93. The van der Waals surface area contributed by atoms with Gasteiger partial charge in [0.15, 0.2) is 6.61 Å². The molecule has 1 aliphatic heterocycles. The van der Waals surface area contributed by atoms with E-state index in [0.29, 0.717) is 11.4 Å². The number of amides is 2. The van der Waals surface area contributed by atoms with Crippen molar-refractivity contribution in [2.75, 3.05) is 25.2 Å². The number of benzene rings is 2. The van der Waals surface area contributed by atoms with Crippen LogP contribution < -0.4 is 15.0 Å². The van der Waals surface area contributed by atoms with Gasteiger partial charge in [0.2, 0.25) is 5.91 Å². The number of para-hydroxylation sites is 2. The SMILES string of the molecule is COc1ccccc1N1C[C@@H](C(=O)OCC(=O)N[C@@H]2CCCc3ccccc32)CC1=O. The molecule has 0 spiro atoms. The van der Waals surface area contributed by atoms with E-state index in [1.807, 2.05) is 30.3 Å². The number of methoxy groups -OCH3 is 1. The highest BCUT2D eigenvalue weighted by Crippen LogP contribution is 2.33. The maximum atomic E-state index is 12.5. The number of anilines is 1. The molecule has 7 nitrogen and oxygen atoms in total. The van der Waals surface area contributed by atoms with Crippen LogP contribution in [-0.4, -0.2) is 38.0 Å². The molecule has 162 valence electrons. The Hall–Kier alpha value is -3.35. The second-order valence-corrected chi connectivity index (χ2v) is 7.90. The number of nitrogens with one attached hydrogen (secondary N) is 1. The van der Waals surface area contributed by atoms with Crippen LogP contribution in [0.5, 0.6) is 5.75 Å². The largest absolute Gasteiger partial charge is 0.495 e. The van der Waals surface area contributed by atoms with Crippen molar-refractivity contribution in [1.29, 1.82) is 0 Å². The van der Waals surface area contributed by atoms with Gasteiger partial charge in [-0.25, -0.2) is 0 Å². The predicted octanol–water partition coefficient (Wildman–Crippen LogP) is 2.79. The van der Waals surface area contributed by atoms with E-state index in [9.17, 15) is 14.4 Å². The summed E-state index contributed by atoms with van der Waals surface area (Å²) in [5.74, 6) is -1.08. The van der Waals surface area contributed by atoms with Crippen molar-refractivity contribution >= 4 is 23.5 Å². The van der Waals surface area contributed by atoms with Gasteiger partial charge in [0.1, 0.15) is 5.75 Å². The molecule has 7 heteroatoms. The number of esters is 1. The van der Waals surface area contributed by atoms with Gasteiger partial charge < -0.3 is 19.7 Å². The molecule has 0 unspecified atom stereocenters. The zero-order valence-electron chi connectivity index (χ0n) is 17.5. The Morgan fingerprint density at radius 3 is 2.74 bits per heavy atom. The number of hydrogen-bond acceptors (Lipinski definition) is 5. The van der Waals surface area contributed by atoms with Gasteiger partial charge in [0.25, 0.3) is 5.91 Å². The molecule has 2 amide bonds. The fraction of sp³-hybridized carbons (Fsp3) is 0.375. The lowest BCUT2D eigenvalue weighted by molar-refractivity contribution is -0.152. The van der Waals surface area contributed by atoms with E-state index in [0.717, 1.165) is 24.8 Å². The van der Waals surface area contributed by atoms with Crippen LogP contribution in [-0.2, 0) is 25.5 Å². The number of carbonyl (C=O) groups excluding carboxylic acids is 3. The van der Waals surface area contributed by atoms with Crippen LogP contribution in [0.1, 0.15) is 36.4 Å². The van der Waals surface area contributed by atoms with Crippen molar-refractivity contribution in [3.05, 3.63) is 59.7 Å². The summed E-state index contributed by atoms with van der Waals surface area (Å²) < 4.78 is 10.6. The Balaban J connectivity index is 1.31. The minimum Gasteiger partial charge on any atom is -0.495 e. The third kappa shape index (κ3) is 4.55. The lowest BCUT2D eigenvalue weighted by Crippen LogP contribution is -2.35. The van der Waals surface area contributed by atoms with Crippen LogP contribution in [0.4, 0.5) is 5.69 Å². The average Bonchev–Trinajstić information content (AvgIpc) is 3.19. The summed E-state index contributed by atoms with van der Waals surface area (Å²) in [4.78, 5) is 38.9. The first-order chi connectivity index (χ1) is 15.1. The number of rotatable bonds is 6. The van der Waals surface area contributed by atoms with Crippen LogP contribution in [0.2, 0.25) is 0 Å². The summed E-state index contributed by atoms with van der Waals surface area (Å²) in [5, 5.41) is 2.97. The molecule has 1 N–H and O–H groups in total. The number of nitrogens with zero attached hydrogens (tertiary/aromatic N) is 1. The Labute approximate surface area is 181 Å². The Morgan fingerprint density at radius 1 is 1.13 bits per heavy atom. The zero-order chi connectivity index (χ0) is 21.8. The van der Waals surface area contributed by atoms with Crippen LogP contribution in [0.15, 0.2) is 48.5 Å². The van der Waals surface area contributed by atoms with Gasteiger partial charge in [-0.2, -0.15) is 0 Å². The molecule has 1 saturated heterocycles. The van der Waals surface area contributed by atoms with Crippen LogP contribution in [0.25, 0.3) is 0 Å². The van der Waals surface area contributed by atoms with E-state index >= 15 is 0 Å². The summed E-state index contributed by atoms with van der Waals surface area (Å²) in [7, 11) is 1.54. The quantitative estimate of drug-likeness (QED) is 0.724. The average molecular weight is 422 g/mol. The monoisotopic (exact) mass is 422 g/mol. The highest BCUT2D eigenvalue weighted by molar-refractivity contribution is 6.00. The Bertz CT molecular complexity index is 989. The minimum atomic E-state index is -0.611. The van der Waals surface area contributed by atoms with Gasteiger partial charge in [0, 0.05) is 13.0 Å². The minimum absolute atomic E-state index is 0.0501. The molecule has 0 radical (unpaired) electrons. The Morgan fingerprint density at radius 2 is 1.90 bits per heavy atom. The number of aryl methyl sites for hydroxylation is 1. The maximum Gasteiger partial charge on any atom is 0.311 e. The molecule has 0 aromatic heterocycles. The van der Waals surface area contributed by atoms with Crippen LogP contribution in [0.3, 0.4) is 0 Å². The smallest absolute Gasteiger partial charge is 0.311 e. The van der Waals surface area contributed by atoms with Crippen LogP contribution >= 0.6 is 0 Å². The molecule has 4 rings (SSSR count). The fourth-order valence-corrected chi connectivity index (χ4v) is 4.35. The first-order valence-electron chi connectivity index (χ1n) is 10.5. The van der Waals surface area contributed by atoms with Crippen LogP contribution in [0, 0.1) is 5.92 Å². The van der Waals surface area contributed by atoms with Crippen molar-refractivity contribution in [2.24, 2.45) is 5.92 Å². The molecule has 1 fully saturated rings. The summed E-state index contributed by atoms with van der Waals surface area (Å²) >= 11 is 0. The molecule has 2 atom stereocenters. The van der Waals surface area contributed by atoms with Crippen molar-refractivity contribution in [2.45, 2.75) is 31.7 Å². The van der Waals surface area contributed by atoms with Gasteiger partial charge in [-0.3, -0.25) is 14.4 Å². The summed E-state index contributed by atoms with van der Waals surface area (Å²) in [6.45, 7) is -0.146. The zero-order valence-corrected chi connectivity index (χ0v) is 17.5. The molecule has 2 aromatic carbocycles. The second kappa shape index (κ2) is 9.20. The molecule has 0 bridgehead atoms. The standard InChI is InChI=1S/C24H26N2O5/c1-30-21-12-5-4-11-20(21)26-14-17(13-23(26)28)24(29)31-15-22(27)25-19-10-6-8-16-7-2-3-9-18(16)19/h2-5,7,9,11-12,17,19H,6,8,10,13-15H2,1H3,(H,25,27)/t17-,19+/m0/s1. The van der Waals surface area contributed by atoms with Gasteiger partial charge in [-0.1, -0.05) is 36.4 Å². The third-order valence-electron chi connectivity index (χ3n) is 5.88. The molecule has 31 heavy (non-hydrogen) atoms. The first kappa shape index (κ1) is 20.9. The molecule has 0 saturated carbocycles. The van der Waals surface area contributed by atoms with Crippen molar-refractivity contribution in [1.82, 2.24) is 5.32 Å². The molecule has 2 aromatic rings. The topological polar surface area (TPSA) is 84.9 Å². The van der Waals surface area contributed by atoms with Gasteiger partial charge in [0.05, 0.1) is 24.8 Å². The number of ether oxygens (including phenoxy) is 2. The van der Waals surface area contributed by atoms with E-state index in [4.69, 9.17) is 9.47 Å². The number of carbonyl (C=O) groups is 3. The Kier molecular flexibility index (Phi) is 6.21.